The molecule has 9 heteroatoms. The van der Waals surface area contributed by atoms with Crippen LogP contribution in [0.3, 0.4) is 0 Å². The van der Waals surface area contributed by atoms with E-state index in [1.54, 1.807) is 0 Å². The molecule has 2 aromatic carbocycles. The zero-order valence-corrected chi connectivity index (χ0v) is 18.8. The van der Waals surface area contributed by atoms with E-state index in [4.69, 9.17) is 23.1 Å². The Balaban J connectivity index is 1.64. The van der Waals surface area contributed by atoms with Gasteiger partial charge in [0, 0.05) is 31.0 Å². The van der Waals surface area contributed by atoms with E-state index in [1.807, 2.05) is 43.3 Å². The van der Waals surface area contributed by atoms with E-state index in [2.05, 4.69) is 32.5 Å². The van der Waals surface area contributed by atoms with Crippen LogP contribution in [0.25, 0.3) is 0 Å². The number of nitrogens with one attached hydrogen (secondary N) is 2. The van der Waals surface area contributed by atoms with Gasteiger partial charge in [-0.1, -0.05) is 23.7 Å². The van der Waals surface area contributed by atoms with Crippen LogP contribution in [0.5, 0.6) is 0 Å². The van der Waals surface area contributed by atoms with Gasteiger partial charge in [-0.25, -0.2) is 4.98 Å². The highest BCUT2D eigenvalue weighted by atomic mass is 35.5. The molecule has 1 aliphatic heterocycles. The van der Waals surface area contributed by atoms with Crippen molar-refractivity contribution in [3.8, 4) is 0 Å². The highest BCUT2D eigenvalue weighted by molar-refractivity contribution is 6.33. The van der Waals surface area contributed by atoms with Gasteiger partial charge in [-0.2, -0.15) is 4.98 Å². The molecule has 0 spiro atoms. The number of carbonyl (C=O) groups is 1. The third-order valence-electron chi connectivity index (χ3n) is 5.47. The van der Waals surface area contributed by atoms with Crippen LogP contribution < -0.4 is 22.1 Å². The number of primary amides is 1. The standard InChI is InChI=1S/C23H26ClN7O/c1-13(25)14-4-3-5-17(8-14)28-22-18(21(26)32)11-27-23(30-22)29-20-10-16-12-31(2)7-6-15(16)9-19(20)24/h3-5,8-11,13H,6-7,12,25H2,1-2H3,(H2,26,32)(H2,27,28,29,30). The van der Waals surface area contributed by atoms with Gasteiger partial charge in [0.1, 0.15) is 11.4 Å². The molecular formula is C23H26ClN7O. The number of nitrogens with zero attached hydrogens (tertiary/aromatic N) is 3. The lowest BCUT2D eigenvalue weighted by Gasteiger charge is -2.26. The summed E-state index contributed by atoms with van der Waals surface area (Å²) in [6.07, 6.45) is 2.36. The van der Waals surface area contributed by atoms with Crippen molar-refractivity contribution in [1.82, 2.24) is 14.9 Å². The van der Waals surface area contributed by atoms with Crippen LogP contribution in [0.2, 0.25) is 5.02 Å². The fraction of sp³-hybridized carbons (Fsp3) is 0.261. The number of carbonyl (C=O) groups excluding carboxylic acids is 1. The molecule has 6 N–H and O–H groups in total. The first kappa shape index (κ1) is 22.0. The van der Waals surface area contributed by atoms with Gasteiger partial charge < -0.3 is 27.0 Å². The molecule has 1 atom stereocenters. The first-order valence-electron chi connectivity index (χ1n) is 10.4. The molecule has 0 saturated carbocycles. The maximum absolute atomic E-state index is 11.9. The number of rotatable bonds is 6. The van der Waals surface area contributed by atoms with Gasteiger partial charge >= 0.3 is 0 Å². The topological polar surface area (TPSA) is 122 Å². The van der Waals surface area contributed by atoms with Gasteiger partial charge in [-0.3, -0.25) is 4.79 Å². The molecule has 2 heterocycles. The summed E-state index contributed by atoms with van der Waals surface area (Å²) in [4.78, 5) is 23.0. The molecule has 0 radical (unpaired) electrons. The van der Waals surface area contributed by atoms with E-state index in [0.29, 0.717) is 22.5 Å². The van der Waals surface area contributed by atoms with Crippen LogP contribution in [-0.4, -0.2) is 34.4 Å². The van der Waals surface area contributed by atoms with Gasteiger partial charge in [0.2, 0.25) is 5.95 Å². The Bertz CT molecular complexity index is 1170. The number of hydrogen-bond acceptors (Lipinski definition) is 7. The fourth-order valence-corrected chi connectivity index (χ4v) is 3.92. The molecule has 4 rings (SSSR count). The van der Waals surface area contributed by atoms with Crippen LogP contribution in [0.15, 0.2) is 42.6 Å². The predicted octanol–water partition coefficient (Wildman–Crippen LogP) is 3.72. The Labute approximate surface area is 192 Å². The number of halogens is 1. The van der Waals surface area contributed by atoms with E-state index in [0.717, 1.165) is 30.8 Å². The van der Waals surface area contributed by atoms with Gasteiger partial charge in [-0.15, -0.1) is 0 Å². The minimum Gasteiger partial charge on any atom is -0.365 e. The first-order valence-corrected chi connectivity index (χ1v) is 10.7. The molecule has 1 unspecified atom stereocenters. The number of hydrogen-bond donors (Lipinski definition) is 4. The lowest BCUT2D eigenvalue weighted by Crippen LogP contribution is -2.26. The summed E-state index contributed by atoms with van der Waals surface area (Å²) in [5, 5.41) is 6.93. The molecule has 8 nitrogen and oxygen atoms in total. The van der Waals surface area contributed by atoms with E-state index >= 15 is 0 Å². The van der Waals surface area contributed by atoms with Gasteiger partial charge in [-0.05, 0) is 61.3 Å². The van der Waals surface area contributed by atoms with Gasteiger partial charge in [0.15, 0.2) is 0 Å². The number of likely N-dealkylation sites (N-methyl/N-ethyl adjacent to an activating group) is 1. The smallest absolute Gasteiger partial charge is 0.254 e. The predicted molar refractivity (Wildman–Crippen MR) is 128 cm³/mol. The van der Waals surface area contributed by atoms with Crippen LogP contribution in [0.4, 0.5) is 23.1 Å². The van der Waals surface area contributed by atoms with Crippen LogP contribution in [0, 0.1) is 0 Å². The van der Waals surface area contributed by atoms with Crippen LogP contribution in [-0.2, 0) is 13.0 Å². The zero-order chi connectivity index (χ0) is 22.8. The summed E-state index contributed by atoms with van der Waals surface area (Å²) in [6.45, 7) is 3.76. The molecule has 0 fully saturated rings. The second-order valence-electron chi connectivity index (χ2n) is 8.07. The second-order valence-corrected chi connectivity index (χ2v) is 8.48. The van der Waals surface area contributed by atoms with E-state index in [9.17, 15) is 4.79 Å². The minimum atomic E-state index is -0.628. The summed E-state index contributed by atoms with van der Waals surface area (Å²) in [5.41, 5.74) is 16.6. The molecule has 0 aliphatic carbocycles. The van der Waals surface area contributed by atoms with Crippen molar-refractivity contribution >= 4 is 40.6 Å². The minimum absolute atomic E-state index is 0.125. The van der Waals surface area contributed by atoms with E-state index in [1.165, 1.54) is 17.3 Å². The van der Waals surface area contributed by atoms with Gasteiger partial charge in [0.25, 0.3) is 5.91 Å². The molecular weight excluding hydrogens is 426 g/mol. The highest BCUT2D eigenvalue weighted by Gasteiger charge is 2.18. The SMILES string of the molecule is CC(N)c1cccc(Nc2nc(Nc3cc4c(cc3Cl)CCN(C)C4)ncc2C(N)=O)c1. The van der Waals surface area contributed by atoms with Crippen molar-refractivity contribution in [3.05, 3.63) is 69.9 Å². The molecule has 0 bridgehead atoms. The number of amides is 1. The summed E-state index contributed by atoms with van der Waals surface area (Å²) in [5.74, 6) is -0.0326. The summed E-state index contributed by atoms with van der Waals surface area (Å²) < 4.78 is 0. The Morgan fingerprint density at radius 3 is 2.78 bits per heavy atom. The largest absolute Gasteiger partial charge is 0.365 e. The van der Waals surface area contributed by atoms with Crippen molar-refractivity contribution in [2.24, 2.45) is 11.5 Å². The molecule has 3 aromatic rings. The number of fused-ring (bicyclic) bond motifs is 1. The Morgan fingerprint density at radius 2 is 2.03 bits per heavy atom. The monoisotopic (exact) mass is 451 g/mol. The average molecular weight is 452 g/mol. The normalized spacial score (nSPS) is 14.5. The third kappa shape index (κ3) is 4.83. The second kappa shape index (κ2) is 9.12. The Morgan fingerprint density at radius 1 is 1.22 bits per heavy atom. The molecule has 166 valence electrons. The van der Waals surface area contributed by atoms with Crippen LogP contribution >= 0.6 is 11.6 Å². The van der Waals surface area contributed by atoms with E-state index < -0.39 is 5.91 Å². The quantitative estimate of drug-likeness (QED) is 0.450. The van der Waals surface area contributed by atoms with Crippen molar-refractivity contribution in [3.63, 3.8) is 0 Å². The lowest BCUT2D eigenvalue weighted by molar-refractivity contribution is 0.100. The first-order chi connectivity index (χ1) is 15.3. The molecule has 0 saturated heterocycles. The Kier molecular flexibility index (Phi) is 6.27. The molecule has 1 aromatic heterocycles. The average Bonchev–Trinajstić information content (AvgIpc) is 2.75. The lowest BCUT2D eigenvalue weighted by atomic mass is 9.99. The number of nitrogens with two attached hydrogens (primary N) is 2. The van der Waals surface area contributed by atoms with Crippen molar-refractivity contribution in [2.75, 3.05) is 24.2 Å². The summed E-state index contributed by atoms with van der Waals surface area (Å²) in [7, 11) is 2.09. The van der Waals surface area contributed by atoms with Crippen molar-refractivity contribution in [1.29, 1.82) is 0 Å². The Hall–Kier alpha value is -3.20. The van der Waals surface area contributed by atoms with E-state index in [-0.39, 0.29) is 11.6 Å². The molecule has 1 amide bonds. The third-order valence-corrected chi connectivity index (χ3v) is 5.78. The summed E-state index contributed by atoms with van der Waals surface area (Å²) >= 11 is 6.51. The van der Waals surface area contributed by atoms with Crippen molar-refractivity contribution in [2.45, 2.75) is 25.9 Å². The highest BCUT2D eigenvalue weighted by Crippen LogP contribution is 2.31. The number of benzene rings is 2. The van der Waals surface area contributed by atoms with Crippen molar-refractivity contribution < 1.29 is 4.79 Å². The number of anilines is 4. The maximum atomic E-state index is 11.9. The summed E-state index contributed by atoms with van der Waals surface area (Å²) in [6, 6.07) is 11.5. The molecule has 32 heavy (non-hydrogen) atoms. The number of aromatic nitrogens is 2. The zero-order valence-electron chi connectivity index (χ0n) is 18.0. The fourth-order valence-electron chi connectivity index (χ4n) is 3.69. The van der Waals surface area contributed by atoms with Gasteiger partial charge in [0.05, 0.1) is 10.7 Å². The van der Waals surface area contributed by atoms with Crippen LogP contribution in [0.1, 0.15) is 40.0 Å². The maximum Gasteiger partial charge on any atom is 0.254 e. The molecule has 1 aliphatic rings.